The van der Waals surface area contributed by atoms with Gasteiger partial charge in [-0.15, -0.1) is 0 Å². The van der Waals surface area contributed by atoms with Crippen LogP contribution in [0, 0.1) is 0 Å². The molecule has 1 aromatic heterocycles. The van der Waals surface area contributed by atoms with Gasteiger partial charge in [-0.2, -0.15) is 4.98 Å². The SMILES string of the molecule is CCNc1cc(OC)nc(C2CCCO2)n1. The summed E-state index contributed by atoms with van der Waals surface area (Å²) in [5.74, 6) is 2.09. The van der Waals surface area contributed by atoms with Crippen molar-refractivity contribution in [3.05, 3.63) is 11.9 Å². The van der Waals surface area contributed by atoms with Crippen LogP contribution < -0.4 is 10.1 Å². The van der Waals surface area contributed by atoms with Crippen molar-refractivity contribution in [1.29, 1.82) is 0 Å². The number of methoxy groups -OCH3 is 1. The highest BCUT2D eigenvalue weighted by Crippen LogP contribution is 2.28. The second-order valence-corrected chi connectivity index (χ2v) is 3.69. The molecule has 16 heavy (non-hydrogen) atoms. The Labute approximate surface area is 95.2 Å². The van der Waals surface area contributed by atoms with E-state index >= 15 is 0 Å². The highest BCUT2D eigenvalue weighted by atomic mass is 16.5. The lowest BCUT2D eigenvalue weighted by atomic mass is 10.2. The zero-order valence-electron chi connectivity index (χ0n) is 9.69. The number of nitrogens with one attached hydrogen (secondary N) is 1. The molecule has 0 spiro atoms. The van der Waals surface area contributed by atoms with E-state index in [1.165, 1.54) is 0 Å². The first-order valence-electron chi connectivity index (χ1n) is 5.62. The Balaban J connectivity index is 2.24. The van der Waals surface area contributed by atoms with Gasteiger partial charge in [-0.3, -0.25) is 0 Å². The van der Waals surface area contributed by atoms with Crippen LogP contribution >= 0.6 is 0 Å². The standard InChI is InChI=1S/C11H17N3O2/c1-3-12-9-7-10(15-2)14-11(13-9)8-5-4-6-16-8/h7-8H,3-6H2,1-2H3,(H,12,13,14). The lowest BCUT2D eigenvalue weighted by molar-refractivity contribution is 0.104. The second kappa shape index (κ2) is 5.12. The minimum atomic E-state index is 0.0208. The van der Waals surface area contributed by atoms with Crippen molar-refractivity contribution in [2.24, 2.45) is 0 Å². The number of anilines is 1. The minimum Gasteiger partial charge on any atom is -0.481 e. The smallest absolute Gasteiger partial charge is 0.218 e. The van der Waals surface area contributed by atoms with Gasteiger partial charge in [0.25, 0.3) is 0 Å². The molecule has 1 aliphatic heterocycles. The fraction of sp³-hybridized carbons (Fsp3) is 0.636. The van der Waals surface area contributed by atoms with Gasteiger partial charge >= 0.3 is 0 Å². The summed E-state index contributed by atoms with van der Waals surface area (Å²) < 4.78 is 10.7. The molecule has 1 N–H and O–H groups in total. The molecule has 5 heteroatoms. The number of ether oxygens (including phenoxy) is 2. The Hall–Kier alpha value is -1.36. The first kappa shape index (κ1) is 11.1. The Kier molecular flexibility index (Phi) is 3.56. The maximum Gasteiger partial charge on any atom is 0.218 e. The molecule has 0 saturated carbocycles. The van der Waals surface area contributed by atoms with Crippen molar-refractivity contribution >= 4 is 5.82 Å². The molecule has 1 aliphatic rings. The molecule has 1 fully saturated rings. The van der Waals surface area contributed by atoms with Crippen molar-refractivity contribution in [2.75, 3.05) is 25.6 Å². The molecular formula is C11H17N3O2. The number of nitrogens with zero attached hydrogens (tertiary/aromatic N) is 2. The Morgan fingerprint density at radius 1 is 1.56 bits per heavy atom. The number of rotatable bonds is 4. The monoisotopic (exact) mass is 223 g/mol. The molecule has 2 heterocycles. The van der Waals surface area contributed by atoms with Crippen molar-refractivity contribution in [3.8, 4) is 5.88 Å². The van der Waals surface area contributed by atoms with Crippen molar-refractivity contribution in [2.45, 2.75) is 25.9 Å². The van der Waals surface area contributed by atoms with Crippen LogP contribution in [0.5, 0.6) is 5.88 Å². The zero-order chi connectivity index (χ0) is 11.4. The van der Waals surface area contributed by atoms with E-state index in [0.717, 1.165) is 31.8 Å². The van der Waals surface area contributed by atoms with Gasteiger partial charge in [0, 0.05) is 19.2 Å². The normalized spacial score (nSPS) is 19.8. The maximum atomic E-state index is 5.56. The largest absolute Gasteiger partial charge is 0.481 e. The first-order valence-corrected chi connectivity index (χ1v) is 5.62. The summed E-state index contributed by atoms with van der Waals surface area (Å²) in [5, 5.41) is 3.16. The van der Waals surface area contributed by atoms with Crippen molar-refractivity contribution in [3.63, 3.8) is 0 Å². The summed E-state index contributed by atoms with van der Waals surface area (Å²) in [7, 11) is 1.61. The highest BCUT2D eigenvalue weighted by molar-refractivity contribution is 5.38. The average molecular weight is 223 g/mol. The lowest BCUT2D eigenvalue weighted by Gasteiger charge is -2.11. The lowest BCUT2D eigenvalue weighted by Crippen LogP contribution is -2.08. The summed E-state index contributed by atoms with van der Waals surface area (Å²) in [4.78, 5) is 8.74. The molecule has 1 unspecified atom stereocenters. The third-order valence-corrected chi connectivity index (χ3v) is 2.50. The molecule has 0 radical (unpaired) electrons. The molecule has 0 aromatic carbocycles. The number of aromatic nitrogens is 2. The molecule has 1 aromatic rings. The van der Waals surface area contributed by atoms with Gasteiger partial charge in [0.1, 0.15) is 11.9 Å². The van der Waals surface area contributed by atoms with Gasteiger partial charge in [-0.05, 0) is 19.8 Å². The number of hydrogen-bond donors (Lipinski definition) is 1. The van der Waals surface area contributed by atoms with Crippen LogP contribution in [0.4, 0.5) is 5.82 Å². The van der Waals surface area contributed by atoms with Crippen LogP contribution in [0.2, 0.25) is 0 Å². The van der Waals surface area contributed by atoms with Gasteiger partial charge in [0.05, 0.1) is 7.11 Å². The average Bonchev–Trinajstić information content (AvgIpc) is 2.82. The third kappa shape index (κ3) is 2.41. The molecule has 0 aliphatic carbocycles. The zero-order valence-corrected chi connectivity index (χ0v) is 9.69. The molecule has 2 rings (SSSR count). The molecular weight excluding hydrogens is 206 g/mol. The highest BCUT2D eigenvalue weighted by Gasteiger charge is 2.21. The van der Waals surface area contributed by atoms with Crippen LogP contribution in [0.1, 0.15) is 31.7 Å². The summed E-state index contributed by atoms with van der Waals surface area (Å²) >= 11 is 0. The molecule has 0 amide bonds. The van der Waals surface area contributed by atoms with Crippen LogP contribution in [-0.2, 0) is 4.74 Å². The van der Waals surface area contributed by atoms with Crippen LogP contribution in [0.25, 0.3) is 0 Å². The number of hydrogen-bond acceptors (Lipinski definition) is 5. The Morgan fingerprint density at radius 2 is 2.44 bits per heavy atom. The van der Waals surface area contributed by atoms with Crippen molar-refractivity contribution in [1.82, 2.24) is 9.97 Å². The molecule has 0 bridgehead atoms. The van der Waals surface area contributed by atoms with E-state index in [1.54, 1.807) is 13.2 Å². The molecule has 1 atom stereocenters. The van der Waals surface area contributed by atoms with Gasteiger partial charge in [0.2, 0.25) is 5.88 Å². The molecule has 1 saturated heterocycles. The van der Waals surface area contributed by atoms with E-state index in [0.29, 0.717) is 11.7 Å². The maximum absolute atomic E-state index is 5.56. The predicted molar refractivity (Wildman–Crippen MR) is 60.7 cm³/mol. The summed E-state index contributed by atoms with van der Waals surface area (Å²) in [6.07, 6.45) is 2.08. The van der Waals surface area contributed by atoms with E-state index < -0.39 is 0 Å². The van der Waals surface area contributed by atoms with Crippen molar-refractivity contribution < 1.29 is 9.47 Å². The van der Waals surface area contributed by atoms with Gasteiger partial charge in [-0.1, -0.05) is 0 Å². The summed E-state index contributed by atoms with van der Waals surface area (Å²) in [6, 6.07) is 1.79. The van der Waals surface area contributed by atoms with Crippen LogP contribution in [-0.4, -0.2) is 30.2 Å². The Morgan fingerprint density at radius 3 is 3.06 bits per heavy atom. The van der Waals surface area contributed by atoms with Crippen LogP contribution in [0.3, 0.4) is 0 Å². The molecule has 88 valence electrons. The summed E-state index contributed by atoms with van der Waals surface area (Å²) in [6.45, 7) is 3.65. The minimum absolute atomic E-state index is 0.0208. The van der Waals surface area contributed by atoms with E-state index in [2.05, 4.69) is 15.3 Å². The second-order valence-electron chi connectivity index (χ2n) is 3.69. The summed E-state index contributed by atoms with van der Waals surface area (Å²) in [5.41, 5.74) is 0. The van der Waals surface area contributed by atoms with Gasteiger partial charge in [0.15, 0.2) is 5.82 Å². The fourth-order valence-electron chi connectivity index (χ4n) is 1.74. The van der Waals surface area contributed by atoms with E-state index in [1.807, 2.05) is 6.92 Å². The van der Waals surface area contributed by atoms with Gasteiger partial charge in [-0.25, -0.2) is 4.98 Å². The van der Waals surface area contributed by atoms with E-state index in [-0.39, 0.29) is 6.10 Å². The first-order chi connectivity index (χ1) is 7.83. The van der Waals surface area contributed by atoms with E-state index in [4.69, 9.17) is 9.47 Å². The fourth-order valence-corrected chi connectivity index (χ4v) is 1.74. The quantitative estimate of drug-likeness (QED) is 0.843. The Bertz CT molecular complexity index is 351. The topological polar surface area (TPSA) is 56.3 Å². The van der Waals surface area contributed by atoms with Gasteiger partial charge < -0.3 is 14.8 Å². The van der Waals surface area contributed by atoms with E-state index in [9.17, 15) is 0 Å². The third-order valence-electron chi connectivity index (χ3n) is 2.50. The predicted octanol–water partition coefficient (Wildman–Crippen LogP) is 1.77. The molecule has 5 nitrogen and oxygen atoms in total. The van der Waals surface area contributed by atoms with Crippen LogP contribution in [0.15, 0.2) is 6.07 Å².